The summed E-state index contributed by atoms with van der Waals surface area (Å²) in [5.74, 6) is 1.36. The van der Waals surface area contributed by atoms with Crippen molar-refractivity contribution in [2.24, 2.45) is 0 Å². The molecule has 92 valence electrons. The summed E-state index contributed by atoms with van der Waals surface area (Å²) in [4.78, 5) is 0. The van der Waals surface area contributed by atoms with E-state index in [1.807, 2.05) is 12.1 Å². The van der Waals surface area contributed by atoms with E-state index in [0.717, 1.165) is 18.8 Å². The third kappa shape index (κ3) is 2.00. The number of ether oxygens (including phenoxy) is 1. The second kappa shape index (κ2) is 4.83. The molecule has 0 fully saturated rings. The van der Waals surface area contributed by atoms with Crippen molar-refractivity contribution in [1.82, 2.24) is 5.32 Å². The van der Waals surface area contributed by atoms with Gasteiger partial charge in [-0.3, -0.25) is 0 Å². The van der Waals surface area contributed by atoms with E-state index in [-0.39, 0.29) is 0 Å². The Balaban J connectivity index is 1.97. The summed E-state index contributed by atoms with van der Waals surface area (Å²) >= 11 is 0. The SMILES string of the molecule is COc1ccc([C@H]2CNCc3ccccc32)cc1. The van der Waals surface area contributed by atoms with Gasteiger partial charge in [0.25, 0.3) is 0 Å². The molecule has 0 radical (unpaired) electrons. The standard InChI is InChI=1S/C16H17NO/c1-18-14-8-6-12(7-9-14)16-11-17-10-13-4-2-3-5-15(13)16/h2-9,16-17H,10-11H2,1H3/t16-/m1/s1. The molecule has 0 aliphatic carbocycles. The maximum absolute atomic E-state index is 5.21. The highest BCUT2D eigenvalue weighted by Crippen LogP contribution is 2.30. The molecule has 1 heterocycles. The smallest absolute Gasteiger partial charge is 0.118 e. The van der Waals surface area contributed by atoms with E-state index in [4.69, 9.17) is 4.74 Å². The molecule has 0 saturated heterocycles. The molecule has 0 saturated carbocycles. The van der Waals surface area contributed by atoms with E-state index in [1.165, 1.54) is 16.7 Å². The van der Waals surface area contributed by atoms with Crippen LogP contribution < -0.4 is 10.1 Å². The third-order valence-corrected chi connectivity index (χ3v) is 3.61. The maximum Gasteiger partial charge on any atom is 0.118 e. The number of hydrogen-bond acceptors (Lipinski definition) is 2. The molecule has 2 nitrogen and oxygen atoms in total. The van der Waals surface area contributed by atoms with Crippen molar-refractivity contribution in [3.63, 3.8) is 0 Å². The number of methoxy groups -OCH3 is 1. The molecular formula is C16H17NO. The van der Waals surface area contributed by atoms with E-state index < -0.39 is 0 Å². The Labute approximate surface area is 108 Å². The van der Waals surface area contributed by atoms with Crippen LogP contribution in [-0.4, -0.2) is 13.7 Å². The van der Waals surface area contributed by atoms with Crippen LogP contribution in [0.25, 0.3) is 0 Å². The fourth-order valence-electron chi connectivity index (χ4n) is 2.63. The van der Waals surface area contributed by atoms with Crippen LogP contribution in [0.4, 0.5) is 0 Å². The first kappa shape index (κ1) is 11.3. The lowest BCUT2D eigenvalue weighted by Gasteiger charge is -2.26. The third-order valence-electron chi connectivity index (χ3n) is 3.61. The Morgan fingerprint density at radius 3 is 2.61 bits per heavy atom. The zero-order valence-corrected chi connectivity index (χ0v) is 10.5. The van der Waals surface area contributed by atoms with Crippen LogP contribution >= 0.6 is 0 Å². The Hall–Kier alpha value is -1.80. The summed E-state index contributed by atoms with van der Waals surface area (Å²) in [6.07, 6.45) is 0. The molecule has 0 unspecified atom stereocenters. The molecule has 0 aromatic heterocycles. The quantitative estimate of drug-likeness (QED) is 0.870. The van der Waals surface area contributed by atoms with Crippen molar-refractivity contribution in [2.45, 2.75) is 12.5 Å². The van der Waals surface area contributed by atoms with Crippen LogP contribution in [0.15, 0.2) is 48.5 Å². The van der Waals surface area contributed by atoms with Gasteiger partial charge in [-0.1, -0.05) is 36.4 Å². The van der Waals surface area contributed by atoms with E-state index in [2.05, 4.69) is 41.7 Å². The highest BCUT2D eigenvalue weighted by molar-refractivity contribution is 5.41. The van der Waals surface area contributed by atoms with Crippen molar-refractivity contribution < 1.29 is 4.74 Å². The first-order valence-corrected chi connectivity index (χ1v) is 6.31. The molecule has 0 spiro atoms. The normalized spacial score (nSPS) is 18.2. The molecule has 18 heavy (non-hydrogen) atoms. The van der Waals surface area contributed by atoms with Crippen LogP contribution in [0.3, 0.4) is 0 Å². The predicted molar refractivity (Wildman–Crippen MR) is 73.0 cm³/mol. The summed E-state index contributed by atoms with van der Waals surface area (Å²) in [5.41, 5.74) is 4.20. The van der Waals surface area contributed by atoms with Crippen molar-refractivity contribution in [3.05, 3.63) is 65.2 Å². The van der Waals surface area contributed by atoms with Gasteiger partial charge in [-0.05, 0) is 28.8 Å². The first-order chi connectivity index (χ1) is 8.88. The molecule has 2 heteroatoms. The molecule has 0 bridgehead atoms. The van der Waals surface area contributed by atoms with E-state index in [1.54, 1.807) is 7.11 Å². The van der Waals surface area contributed by atoms with Crippen molar-refractivity contribution >= 4 is 0 Å². The van der Waals surface area contributed by atoms with Gasteiger partial charge in [0.15, 0.2) is 0 Å². The summed E-state index contributed by atoms with van der Waals surface area (Å²) in [7, 11) is 1.70. The van der Waals surface area contributed by atoms with Gasteiger partial charge in [0.05, 0.1) is 7.11 Å². The molecule has 3 rings (SSSR count). The van der Waals surface area contributed by atoms with Gasteiger partial charge in [0.1, 0.15) is 5.75 Å². The van der Waals surface area contributed by atoms with Gasteiger partial charge in [0, 0.05) is 19.0 Å². The largest absolute Gasteiger partial charge is 0.497 e. The average Bonchev–Trinajstić information content (AvgIpc) is 2.47. The fraction of sp³-hybridized carbons (Fsp3) is 0.250. The lowest BCUT2D eigenvalue weighted by Crippen LogP contribution is -2.28. The minimum Gasteiger partial charge on any atom is -0.497 e. The minimum absolute atomic E-state index is 0.445. The van der Waals surface area contributed by atoms with Gasteiger partial charge in [0.2, 0.25) is 0 Å². The number of benzene rings is 2. The monoisotopic (exact) mass is 239 g/mol. The Bertz CT molecular complexity index is 533. The molecule has 1 aliphatic rings. The lowest BCUT2D eigenvalue weighted by atomic mass is 9.85. The van der Waals surface area contributed by atoms with Crippen LogP contribution in [0.5, 0.6) is 5.75 Å². The van der Waals surface area contributed by atoms with Crippen LogP contribution in [0.2, 0.25) is 0 Å². The number of nitrogens with one attached hydrogen (secondary N) is 1. The molecule has 1 aliphatic heterocycles. The molecule has 2 aromatic carbocycles. The van der Waals surface area contributed by atoms with E-state index in [0.29, 0.717) is 5.92 Å². The molecular weight excluding hydrogens is 222 g/mol. The van der Waals surface area contributed by atoms with E-state index in [9.17, 15) is 0 Å². The summed E-state index contributed by atoms with van der Waals surface area (Å²) in [6, 6.07) is 17.1. The van der Waals surface area contributed by atoms with Crippen LogP contribution in [0, 0.1) is 0 Å². The molecule has 2 aromatic rings. The lowest BCUT2D eigenvalue weighted by molar-refractivity contribution is 0.414. The highest BCUT2D eigenvalue weighted by Gasteiger charge is 2.20. The fourth-order valence-corrected chi connectivity index (χ4v) is 2.63. The maximum atomic E-state index is 5.21. The Morgan fingerprint density at radius 1 is 1.06 bits per heavy atom. The molecule has 0 amide bonds. The van der Waals surface area contributed by atoms with Gasteiger partial charge >= 0.3 is 0 Å². The van der Waals surface area contributed by atoms with Gasteiger partial charge < -0.3 is 10.1 Å². The predicted octanol–water partition coefficient (Wildman–Crippen LogP) is 2.93. The van der Waals surface area contributed by atoms with Crippen LogP contribution in [0.1, 0.15) is 22.6 Å². The van der Waals surface area contributed by atoms with Crippen molar-refractivity contribution in [3.8, 4) is 5.75 Å². The first-order valence-electron chi connectivity index (χ1n) is 6.31. The van der Waals surface area contributed by atoms with Gasteiger partial charge in [-0.25, -0.2) is 0 Å². The molecule has 1 atom stereocenters. The number of hydrogen-bond donors (Lipinski definition) is 1. The zero-order valence-electron chi connectivity index (χ0n) is 10.5. The Morgan fingerprint density at radius 2 is 1.83 bits per heavy atom. The topological polar surface area (TPSA) is 21.3 Å². The highest BCUT2D eigenvalue weighted by atomic mass is 16.5. The van der Waals surface area contributed by atoms with Gasteiger partial charge in [-0.15, -0.1) is 0 Å². The number of rotatable bonds is 2. The summed E-state index contributed by atoms with van der Waals surface area (Å²) < 4.78 is 5.21. The average molecular weight is 239 g/mol. The Kier molecular flexibility index (Phi) is 3.03. The van der Waals surface area contributed by atoms with Gasteiger partial charge in [-0.2, -0.15) is 0 Å². The van der Waals surface area contributed by atoms with Crippen molar-refractivity contribution in [2.75, 3.05) is 13.7 Å². The second-order valence-electron chi connectivity index (χ2n) is 4.66. The van der Waals surface area contributed by atoms with Crippen LogP contribution in [-0.2, 0) is 6.54 Å². The second-order valence-corrected chi connectivity index (χ2v) is 4.66. The minimum atomic E-state index is 0.445. The van der Waals surface area contributed by atoms with Crippen molar-refractivity contribution in [1.29, 1.82) is 0 Å². The summed E-state index contributed by atoms with van der Waals surface area (Å²) in [6.45, 7) is 1.98. The van der Waals surface area contributed by atoms with E-state index >= 15 is 0 Å². The zero-order chi connectivity index (χ0) is 12.4. The summed E-state index contributed by atoms with van der Waals surface area (Å²) in [5, 5.41) is 3.49. The molecule has 1 N–H and O–H groups in total. The number of fused-ring (bicyclic) bond motifs is 1.